The predicted molar refractivity (Wildman–Crippen MR) is 141 cm³/mol. The van der Waals surface area contributed by atoms with Crippen molar-refractivity contribution in [2.75, 3.05) is 48.9 Å². The third-order valence-corrected chi connectivity index (χ3v) is 6.07. The van der Waals surface area contributed by atoms with Crippen molar-refractivity contribution in [3.05, 3.63) is 78.4 Å². The van der Waals surface area contributed by atoms with Gasteiger partial charge >= 0.3 is 6.03 Å². The van der Waals surface area contributed by atoms with E-state index in [1.165, 1.54) is 5.56 Å². The molecular weight excluding hydrogens is 440 g/mol. The van der Waals surface area contributed by atoms with Gasteiger partial charge in [0.25, 0.3) is 0 Å². The van der Waals surface area contributed by atoms with Crippen LogP contribution in [0, 0.1) is 6.92 Å². The van der Waals surface area contributed by atoms with Gasteiger partial charge in [-0.15, -0.1) is 0 Å². The Balaban J connectivity index is 1.47. The molecule has 4 aromatic rings. The second-order valence-corrected chi connectivity index (χ2v) is 8.54. The smallest absolute Gasteiger partial charge is 0.323 e. The van der Waals surface area contributed by atoms with E-state index in [2.05, 4.69) is 52.8 Å². The predicted octanol–water partition coefficient (Wildman–Crippen LogP) is 5.70. The molecule has 0 aliphatic carbocycles. The van der Waals surface area contributed by atoms with Crippen LogP contribution in [0.3, 0.4) is 0 Å². The lowest BCUT2D eigenvalue weighted by Gasteiger charge is -2.30. The number of amides is 2. The number of anilines is 3. The summed E-state index contributed by atoms with van der Waals surface area (Å²) in [5.74, 6) is 0.680. The summed E-state index contributed by atoms with van der Waals surface area (Å²) in [6.45, 7) is 5.06. The Kier molecular flexibility index (Phi) is 6.50. The third-order valence-electron chi connectivity index (χ3n) is 6.07. The van der Waals surface area contributed by atoms with Crippen molar-refractivity contribution >= 4 is 34.0 Å². The molecule has 1 aromatic heterocycles. The maximum Gasteiger partial charge on any atom is 0.323 e. The molecule has 1 fully saturated rings. The molecule has 1 aliphatic heterocycles. The molecule has 2 amide bonds. The van der Waals surface area contributed by atoms with Crippen molar-refractivity contribution < 1.29 is 14.3 Å². The number of nitrogens with zero attached hydrogens (tertiary/aromatic N) is 2. The molecule has 35 heavy (non-hydrogen) atoms. The van der Waals surface area contributed by atoms with Crippen molar-refractivity contribution in [3.63, 3.8) is 0 Å². The number of hydrogen-bond donors (Lipinski definition) is 2. The fourth-order valence-corrected chi connectivity index (χ4v) is 4.22. The van der Waals surface area contributed by atoms with Gasteiger partial charge in [0.15, 0.2) is 0 Å². The molecule has 0 saturated carbocycles. The number of fused-ring (bicyclic) bond motifs is 1. The molecule has 3 aromatic carbocycles. The summed E-state index contributed by atoms with van der Waals surface area (Å²) in [4.78, 5) is 19.9. The van der Waals surface area contributed by atoms with Gasteiger partial charge in [0.1, 0.15) is 5.75 Å². The molecule has 2 heterocycles. The number of carbonyl (C=O) groups excluding carboxylic acids is 1. The minimum Gasteiger partial charge on any atom is -0.497 e. The molecule has 7 heteroatoms. The number of carbonyl (C=O) groups is 1. The summed E-state index contributed by atoms with van der Waals surface area (Å²) < 4.78 is 10.8. The van der Waals surface area contributed by atoms with E-state index >= 15 is 0 Å². The van der Waals surface area contributed by atoms with E-state index in [9.17, 15) is 4.79 Å². The zero-order valence-corrected chi connectivity index (χ0v) is 19.9. The summed E-state index contributed by atoms with van der Waals surface area (Å²) in [5, 5.41) is 6.78. The summed E-state index contributed by atoms with van der Waals surface area (Å²) in [6, 6.07) is 23.3. The van der Waals surface area contributed by atoms with Crippen molar-refractivity contribution in [2.24, 2.45) is 0 Å². The maximum absolute atomic E-state index is 12.7. The number of aryl methyl sites for hydroxylation is 1. The van der Waals surface area contributed by atoms with E-state index in [-0.39, 0.29) is 6.03 Å². The second kappa shape index (κ2) is 10.0. The molecule has 7 nitrogen and oxygen atoms in total. The van der Waals surface area contributed by atoms with Crippen LogP contribution >= 0.6 is 0 Å². The number of pyridine rings is 1. The summed E-state index contributed by atoms with van der Waals surface area (Å²) in [6.07, 6.45) is 0. The van der Waals surface area contributed by atoms with Crippen LogP contribution < -0.4 is 20.3 Å². The van der Waals surface area contributed by atoms with Crippen LogP contribution in [0.2, 0.25) is 0 Å². The fraction of sp³-hybridized carbons (Fsp3) is 0.214. The van der Waals surface area contributed by atoms with E-state index in [0.717, 1.165) is 40.9 Å². The van der Waals surface area contributed by atoms with Crippen LogP contribution in [-0.2, 0) is 4.74 Å². The first kappa shape index (κ1) is 22.7. The lowest BCUT2D eigenvalue weighted by atomic mass is 10.0. The molecule has 0 spiro atoms. The number of morpholine rings is 1. The zero-order valence-electron chi connectivity index (χ0n) is 19.9. The van der Waals surface area contributed by atoms with Gasteiger partial charge in [-0.3, -0.25) is 0 Å². The van der Waals surface area contributed by atoms with Gasteiger partial charge in [0.2, 0.25) is 0 Å². The first-order chi connectivity index (χ1) is 17.1. The number of aromatic nitrogens is 1. The van der Waals surface area contributed by atoms with Crippen molar-refractivity contribution in [1.82, 2.24) is 4.98 Å². The van der Waals surface area contributed by atoms with Crippen LogP contribution in [0.5, 0.6) is 5.75 Å². The first-order valence-corrected chi connectivity index (χ1v) is 11.7. The number of methoxy groups -OCH3 is 1. The topological polar surface area (TPSA) is 75.7 Å². The summed E-state index contributed by atoms with van der Waals surface area (Å²) in [5.41, 5.74) is 6.53. The Morgan fingerprint density at radius 3 is 2.43 bits per heavy atom. The summed E-state index contributed by atoms with van der Waals surface area (Å²) in [7, 11) is 1.60. The number of urea groups is 1. The fourth-order valence-electron chi connectivity index (χ4n) is 4.22. The Labute approximate surface area is 204 Å². The Bertz CT molecular complexity index is 1350. The number of benzene rings is 3. The molecule has 2 N–H and O–H groups in total. The highest BCUT2D eigenvalue weighted by atomic mass is 16.5. The molecule has 1 aliphatic rings. The molecule has 1 saturated heterocycles. The molecular formula is C28H28N4O3. The van der Waals surface area contributed by atoms with E-state index in [1.54, 1.807) is 13.2 Å². The van der Waals surface area contributed by atoms with Crippen molar-refractivity contribution in [2.45, 2.75) is 6.92 Å². The number of hydrogen-bond acceptors (Lipinski definition) is 5. The van der Waals surface area contributed by atoms with Gasteiger partial charge in [0, 0.05) is 47.2 Å². The van der Waals surface area contributed by atoms with Crippen molar-refractivity contribution in [1.29, 1.82) is 0 Å². The van der Waals surface area contributed by atoms with Gasteiger partial charge in [-0.1, -0.05) is 35.9 Å². The largest absolute Gasteiger partial charge is 0.497 e. The highest BCUT2D eigenvalue weighted by Crippen LogP contribution is 2.33. The van der Waals surface area contributed by atoms with E-state index in [4.69, 9.17) is 14.5 Å². The van der Waals surface area contributed by atoms with Crippen LogP contribution in [0.1, 0.15) is 5.56 Å². The summed E-state index contributed by atoms with van der Waals surface area (Å²) >= 11 is 0. The lowest BCUT2D eigenvalue weighted by Crippen LogP contribution is -2.36. The van der Waals surface area contributed by atoms with Gasteiger partial charge in [0.05, 0.1) is 31.5 Å². The van der Waals surface area contributed by atoms with Gasteiger partial charge < -0.3 is 25.0 Å². The van der Waals surface area contributed by atoms with Gasteiger partial charge in [-0.25, -0.2) is 9.78 Å². The zero-order chi connectivity index (χ0) is 24.2. The number of nitrogens with one attached hydrogen (secondary N) is 2. The van der Waals surface area contributed by atoms with E-state index < -0.39 is 0 Å². The average Bonchev–Trinajstić information content (AvgIpc) is 2.89. The van der Waals surface area contributed by atoms with E-state index in [0.29, 0.717) is 30.3 Å². The maximum atomic E-state index is 12.7. The molecule has 178 valence electrons. The van der Waals surface area contributed by atoms with E-state index in [1.807, 2.05) is 36.4 Å². The quantitative estimate of drug-likeness (QED) is 0.393. The SMILES string of the molecule is COc1cccc(NC(=O)Nc2ccc3nc(-c4ccc(C)cc4)cc(N4CCOCC4)c3c2)c1. The minimum atomic E-state index is -0.324. The van der Waals surface area contributed by atoms with Crippen LogP contribution in [0.4, 0.5) is 21.9 Å². The normalized spacial score (nSPS) is 13.5. The number of ether oxygens (including phenoxy) is 2. The number of rotatable bonds is 5. The van der Waals surface area contributed by atoms with Crippen LogP contribution in [-0.4, -0.2) is 44.4 Å². The minimum absolute atomic E-state index is 0.324. The van der Waals surface area contributed by atoms with Crippen molar-refractivity contribution in [3.8, 4) is 17.0 Å². The molecule has 0 radical (unpaired) electrons. The lowest BCUT2D eigenvalue weighted by molar-refractivity contribution is 0.123. The Morgan fingerprint density at radius 1 is 0.943 bits per heavy atom. The average molecular weight is 469 g/mol. The van der Waals surface area contributed by atoms with Gasteiger partial charge in [-0.05, 0) is 43.3 Å². The van der Waals surface area contributed by atoms with Gasteiger partial charge in [-0.2, -0.15) is 0 Å². The highest BCUT2D eigenvalue weighted by molar-refractivity contribution is 6.03. The van der Waals surface area contributed by atoms with Crippen LogP contribution in [0.15, 0.2) is 72.8 Å². The Morgan fingerprint density at radius 2 is 1.69 bits per heavy atom. The molecule has 0 bridgehead atoms. The monoisotopic (exact) mass is 468 g/mol. The Hall–Kier alpha value is -4.10. The highest BCUT2D eigenvalue weighted by Gasteiger charge is 2.17. The third kappa shape index (κ3) is 5.20. The molecule has 5 rings (SSSR count). The first-order valence-electron chi connectivity index (χ1n) is 11.7. The molecule has 0 atom stereocenters. The standard InChI is InChI=1S/C28H28N4O3/c1-19-6-8-20(9-7-19)26-18-27(32-12-14-35-15-13-32)24-17-22(10-11-25(24)31-26)30-28(33)29-21-4-3-5-23(16-21)34-2/h3-11,16-18H,12-15H2,1-2H3,(H2,29,30,33). The second-order valence-electron chi connectivity index (χ2n) is 8.54. The molecule has 0 unspecified atom stereocenters. The van der Waals surface area contributed by atoms with Crippen LogP contribution in [0.25, 0.3) is 22.2 Å².